The molecule has 1 nitrogen and oxygen atoms in total. The molecule has 0 amide bonds. The summed E-state index contributed by atoms with van der Waals surface area (Å²) < 4.78 is 0. The topological polar surface area (TPSA) is 3.24 Å². The Morgan fingerprint density at radius 1 is 0.800 bits per heavy atom. The molecule has 0 spiro atoms. The van der Waals surface area contributed by atoms with Crippen molar-refractivity contribution in [2.24, 2.45) is 0 Å². The van der Waals surface area contributed by atoms with Crippen molar-refractivity contribution in [3.8, 4) is 0 Å². The minimum absolute atomic E-state index is 0.957. The molecule has 174 valence electrons. The van der Waals surface area contributed by atoms with E-state index in [0.717, 1.165) is 23.5 Å². The minimum Gasteiger partial charge on any atom is -0.310 e. The van der Waals surface area contributed by atoms with E-state index in [1.165, 1.54) is 33.0 Å². The molecule has 0 fully saturated rings. The second-order valence-corrected chi connectivity index (χ2v) is 8.68. The van der Waals surface area contributed by atoms with E-state index in [1.807, 2.05) is 13.0 Å². The van der Waals surface area contributed by atoms with Gasteiger partial charge in [0.1, 0.15) is 0 Å². The van der Waals surface area contributed by atoms with Crippen molar-refractivity contribution in [1.82, 2.24) is 0 Å². The van der Waals surface area contributed by atoms with Gasteiger partial charge in [0.2, 0.25) is 0 Å². The number of anilines is 3. The largest absolute Gasteiger partial charge is 0.310 e. The Labute approximate surface area is 210 Å². The molecule has 0 saturated carbocycles. The van der Waals surface area contributed by atoms with Gasteiger partial charge in [0.25, 0.3) is 0 Å². The first-order valence-corrected chi connectivity index (χ1v) is 12.2. The first-order valence-electron chi connectivity index (χ1n) is 12.2. The summed E-state index contributed by atoms with van der Waals surface area (Å²) in [4.78, 5) is 2.33. The standard InChI is InChI=1S/C34H33N/c1-5-11-29(12-6-2)28(7-3)24-27-17-20-32(21-18-27)35(33-16-10-13-26(4)23-33)34-22-19-30-14-8-9-15-31(30)25-34/h5-6,8-25H,1,7H2,2-4H3/b12-6-,28-24?,29-11+. The van der Waals surface area contributed by atoms with Crippen molar-refractivity contribution < 1.29 is 0 Å². The van der Waals surface area contributed by atoms with Crippen LogP contribution in [0.25, 0.3) is 16.8 Å². The molecule has 0 heterocycles. The number of fused-ring (bicyclic) bond motifs is 1. The van der Waals surface area contributed by atoms with E-state index in [-0.39, 0.29) is 0 Å². The summed E-state index contributed by atoms with van der Waals surface area (Å²) in [6.45, 7) is 10.3. The highest BCUT2D eigenvalue weighted by Gasteiger charge is 2.13. The number of rotatable bonds is 8. The van der Waals surface area contributed by atoms with Gasteiger partial charge in [-0.1, -0.05) is 98.5 Å². The van der Waals surface area contributed by atoms with Gasteiger partial charge >= 0.3 is 0 Å². The van der Waals surface area contributed by atoms with E-state index in [4.69, 9.17) is 0 Å². The summed E-state index contributed by atoms with van der Waals surface area (Å²) in [6, 6.07) is 32.7. The zero-order chi connectivity index (χ0) is 24.6. The fraction of sp³-hybridized carbons (Fsp3) is 0.118. The zero-order valence-electron chi connectivity index (χ0n) is 20.9. The Hall–Kier alpha value is -4.10. The summed E-state index contributed by atoms with van der Waals surface area (Å²) in [5.74, 6) is 0. The molecule has 4 aromatic rings. The molecule has 0 bridgehead atoms. The molecule has 0 radical (unpaired) electrons. The lowest BCUT2D eigenvalue weighted by Crippen LogP contribution is -2.10. The highest BCUT2D eigenvalue weighted by atomic mass is 15.1. The average molecular weight is 456 g/mol. The van der Waals surface area contributed by atoms with Crippen LogP contribution in [0.2, 0.25) is 0 Å². The molecule has 0 aliphatic carbocycles. The van der Waals surface area contributed by atoms with E-state index in [2.05, 4.69) is 141 Å². The van der Waals surface area contributed by atoms with Crippen LogP contribution in [0.1, 0.15) is 31.4 Å². The van der Waals surface area contributed by atoms with Gasteiger partial charge in [-0.15, -0.1) is 0 Å². The van der Waals surface area contributed by atoms with Crippen molar-refractivity contribution in [2.75, 3.05) is 4.90 Å². The third-order valence-electron chi connectivity index (χ3n) is 6.14. The second kappa shape index (κ2) is 11.4. The zero-order valence-corrected chi connectivity index (χ0v) is 20.9. The third-order valence-corrected chi connectivity index (χ3v) is 6.14. The number of nitrogens with zero attached hydrogens (tertiary/aromatic N) is 1. The van der Waals surface area contributed by atoms with Crippen LogP contribution in [0.4, 0.5) is 17.1 Å². The molecule has 0 aromatic heterocycles. The van der Waals surface area contributed by atoms with Crippen LogP contribution in [0, 0.1) is 6.92 Å². The summed E-state index contributed by atoms with van der Waals surface area (Å²) in [5.41, 5.74) is 8.36. The lowest BCUT2D eigenvalue weighted by atomic mass is 9.99. The Balaban J connectivity index is 1.77. The van der Waals surface area contributed by atoms with Crippen LogP contribution in [0.3, 0.4) is 0 Å². The average Bonchev–Trinajstić information content (AvgIpc) is 2.88. The summed E-state index contributed by atoms with van der Waals surface area (Å²) >= 11 is 0. The Morgan fingerprint density at radius 2 is 1.51 bits per heavy atom. The van der Waals surface area contributed by atoms with E-state index in [1.54, 1.807) is 0 Å². The van der Waals surface area contributed by atoms with E-state index < -0.39 is 0 Å². The van der Waals surface area contributed by atoms with Crippen molar-refractivity contribution >= 4 is 33.9 Å². The molecule has 0 atom stereocenters. The van der Waals surface area contributed by atoms with Gasteiger partial charge in [0.15, 0.2) is 0 Å². The summed E-state index contributed by atoms with van der Waals surface area (Å²) in [5, 5.41) is 2.48. The predicted molar refractivity (Wildman–Crippen MR) is 155 cm³/mol. The molecule has 35 heavy (non-hydrogen) atoms. The van der Waals surface area contributed by atoms with Gasteiger partial charge in [-0.2, -0.15) is 0 Å². The third kappa shape index (κ3) is 5.70. The summed E-state index contributed by atoms with van der Waals surface area (Å²) in [6.07, 6.45) is 11.4. The van der Waals surface area contributed by atoms with Gasteiger partial charge in [-0.05, 0) is 89.7 Å². The first-order chi connectivity index (χ1) is 17.1. The van der Waals surface area contributed by atoms with Crippen molar-refractivity contribution in [3.63, 3.8) is 0 Å². The molecule has 4 aromatic carbocycles. The molecule has 1 heteroatoms. The number of benzene rings is 4. The Kier molecular flexibility index (Phi) is 7.80. The van der Waals surface area contributed by atoms with Gasteiger partial charge in [-0.25, -0.2) is 0 Å². The van der Waals surface area contributed by atoms with E-state index >= 15 is 0 Å². The van der Waals surface area contributed by atoms with Crippen molar-refractivity contribution in [2.45, 2.75) is 27.2 Å². The lowest BCUT2D eigenvalue weighted by Gasteiger charge is -2.26. The maximum atomic E-state index is 3.88. The van der Waals surface area contributed by atoms with Gasteiger partial charge in [-0.3, -0.25) is 0 Å². The SMILES string of the molecule is C=C/C=C(\C=C/C)C(=Cc1ccc(N(c2cccc(C)c2)c2ccc3ccccc3c2)cc1)CC. The molecule has 0 saturated heterocycles. The molecular formula is C34H33N. The Morgan fingerprint density at radius 3 is 2.20 bits per heavy atom. The van der Waals surface area contributed by atoms with Crippen molar-refractivity contribution in [3.05, 3.63) is 144 Å². The monoisotopic (exact) mass is 455 g/mol. The van der Waals surface area contributed by atoms with Crippen LogP contribution in [-0.2, 0) is 0 Å². The van der Waals surface area contributed by atoms with Gasteiger partial charge in [0, 0.05) is 17.1 Å². The summed E-state index contributed by atoms with van der Waals surface area (Å²) in [7, 11) is 0. The number of hydrogen-bond acceptors (Lipinski definition) is 1. The quantitative estimate of drug-likeness (QED) is 0.239. The maximum Gasteiger partial charge on any atom is 0.0468 e. The van der Waals surface area contributed by atoms with Gasteiger partial charge < -0.3 is 4.90 Å². The molecule has 0 N–H and O–H groups in total. The van der Waals surface area contributed by atoms with E-state index in [0.29, 0.717) is 0 Å². The number of aryl methyl sites for hydroxylation is 1. The molecule has 0 unspecified atom stereocenters. The van der Waals surface area contributed by atoms with Crippen molar-refractivity contribution in [1.29, 1.82) is 0 Å². The molecular weight excluding hydrogens is 422 g/mol. The highest BCUT2D eigenvalue weighted by molar-refractivity contribution is 5.89. The molecule has 0 aliphatic heterocycles. The van der Waals surface area contributed by atoms with Crippen LogP contribution < -0.4 is 4.90 Å². The predicted octanol–water partition coefficient (Wildman–Crippen LogP) is 10.1. The second-order valence-electron chi connectivity index (χ2n) is 8.68. The van der Waals surface area contributed by atoms with Crippen LogP contribution in [0.5, 0.6) is 0 Å². The minimum atomic E-state index is 0.957. The molecule has 4 rings (SSSR count). The van der Waals surface area contributed by atoms with Crippen LogP contribution in [-0.4, -0.2) is 0 Å². The van der Waals surface area contributed by atoms with Crippen LogP contribution >= 0.6 is 0 Å². The van der Waals surface area contributed by atoms with Gasteiger partial charge in [0.05, 0.1) is 0 Å². The Bertz CT molecular complexity index is 1400. The van der Waals surface area contributed by atoms with Crippen LogP contribution in [0.15, 0.2) is 133 Å². The lowest BCUT2D eigenvalue weighted by molar-refractivity contribution is 1.14. The number of allylic oxidation sites excluding steroid dienone is 6. The van der Waals surface area contributed by atoms with E-state index in [9.17, 15) is 0 Å². The fourth-order valence-electron chi connectivity index (χ4n) is 4.42. The molecule has 0 aliphatic rings. The number of hydrogen-bond donors (Lipinski definition) is 0. The maximum absolute atomic E-state index is 3.88. The smallest absolute Gasteiger partial charge is 0.0468 e. The first kappa shape index (κ1) is 24.0. The highest BCUT2D eigenvalue weighted by Crippen LogP contribution is 2.36. The fourth-order valence-corrected chi connectivity index (χ4v) is 4.42. The normalized spacial score (nSPS) is 12.3.